The van der Waals surface area contributed by atoms with Crippen LogP contribution in [0.1, 0.15) is 24.1 Å². The maximum atomic E-state index is 11.2. The van der Waals surface area contributed by atoms with E-state index in [4.69, 9.17) is 10.9 Å². The van der Waals surface area contributed by atoms with Crippen molar-refractivity contribution < 1.29 is 8.42 Å². The van der Waals surface area contributed by atoms with Crippen molar-refractivity contribution in [2.75, 3.05) is 13.1 Å². The summed E-state index contributed by atoms with van der Waals surface area (Å²) in [5.41, 5.74) is 5.93. The third-order valence-electron chi connectivity index (χ3n) is 2.99. The monoisotopic (exact) mass is 430 g/mol. The number of thiophene rings is 1. The van der Waals surface area contributed by atoms with Gasteiger partial charge in [-0.05, 0) is 31.4 Å². The summed E-state index contributed by atoms with van der Waals surface area (Å²) in [6, 6.07) is 3.22. The molecule has 0 unspecified atom stereocenters. The van der Waals surface area contributed by atoms with E-state index < -0.39 is 10.0 Å². The Hall–Kier alpha value is -0.390. The van der Waals surface area contributed by atoms with E-state index >= 15 is 0 Å². The van der Waals surface area contributed by atoms with Crippen molar-refractivity contribution in [2.45, 2.75) is 30.0 Å². The SMILES string of the molecule is I.NC(=NCc1ccc(S(N)(=O)=O)s1)N1CCCCC1. The fraction of sp³-hybridized carbons (Fsp3) is 0.545. The second-order valence-corrected chi connectivity index (χ2v) is 7.44. The van der Waals surface area contributed by atoms with Crippen molar-refractivity contribution in [3.8, 4) is 0 Å². The molecule has 0 bridgehead atoms. The number of rotatable bonds is 3. The topological polar surface area (TPSA) is 102 Å². The van der Waals surface area contributed by atoms with E-state index in [2.05, 4.69) is 9.89 Å². The van der Waals surface area contributed by atoms with Crippen molar-refractivity contribution in [3.63, 3.8) is 0 Å². The van der Waals surface area contributed by atoms with Gasteiger partial charge in [0.15, 0.2) is 5.96 Å². The lowest BCUT2D eigenvalue weighted by Gasteiger charge is -2.27. The molecule has 0 radical (unpaired) electrons. The van der Waals surface area contributed by atoms with Crippen LogP contribution in [0.25, 0.3) is 0 Å². The summed E-state index contributed by atoms with van der Waals surface area (Å²) in [7, 11) is -3.61. The first-order valence-corrected chi connectivity index (χ1v) is 8.49. The highest BCUT2D eigenvalue weighted by Crippen LogP contribution is 2.21. The molecule has 0 amide bonds. The van der Waals surface area contributed by atoms with Crippen molar-refractivity contribution >= 4 is 51.3 Å². The number of nitrogens with zero attached hydrogens (tertiary/aromatic N) is 2. The van der Waals surface area contributed by atoms with Gasteiger partial charge in [-0.15, -0.1) is 35.3 Å². The molecule has 1 aromatic rings. The molecule has 20 heavy (non-hydrogen) atoms. The number of hydrogen-bond donors (Lipinski definition) is 2. The average Bonchev–Trinajstić information content (AvgIpc) is 2.86. The normalized spacial score (nSPS) is 16.9. The molecule has 114 valence electrons. The number of primary sulfonamides is 1. The van der Waals surface area contributed by atoms with Crippen LogP contribution in [0.4, 0.5) is 0 Å². The van der Waals surface area contributed by atoms with Gasteiger partial charge in [0.2, 0.25) is 10.0 Å². The van der Waals surface area contributed by atoms with Crippen LogP contribution in [0.3, 0.4) is 0 Å². The average molecular weight is 430 g/mol. The number of guanidine groups is 1. The summed E-state index contributed by atoms with van der Waals surface area (Å²) >= 11 is 1.13. The number of sulfonamides is 1. The Labute approximate surface area is 140 Å². The molecular weight excluding hydrogens is 411 g/mol. The predicted molar refractivity (Wildman–Crippen MR) is 91.9 cm³/mol. The van der Waals surface area contributed by atoms with Crippen molar-refractivity contribution in [3.05, 3.63) is 17.0 Å². The zero-order valence-electron chi connectivity index (χ0n) is 11.0. The summed E-state index contributed by atoms with van der Waals surface area (Å²) in [5.74, 6) is 0.533. The van der Waals surface area contributed by atoms with Crippen LogP contribution in [0.5, 0.6) is 0 Å². The smallest absolute Gasteiger partial charge is 0.247 e. The van der Waals surface area contributed by atoms with Crippen LogP contribution in [0.15, 0.2) is 21.3 Å². The Morgan fingerprint density at radius 1 is 1.30 bits per heavy atom. The van der Waals surface area contributed by atoms with E-state index in [0.29, 0.717) is 12.5 Å². The Morgan fingerprint density at radius 3 is 2.50 bits per heavy atom. The lowest BCUT2D eigenvalue weighted by Crippen LogP contribution is -2.40. The van der Waals surface area contributed by atoms with Crippen molar-refractivity contribution in [1.82, 2.24) is 4.90 Å². The molecule has 0 atom stereocenters. The highest BCUT2D eigenvalue weighted by Gasteiger charge is 2.13. The van der Waals surface area contributed by atoms with Gasteiger partial charge in [0.1, 0.15) is 4.21 Å². The Bertz CT molecular complexity index is 565. The molecule has 0 saturated carbocycles. The molecule has 1 aliphatic rings. The highest BCUT2D eigenvalue weighted by molar-refractivity contribution is 14.0. The van der Waals surface area contributed by atoms with E-state index in [1.165, 1.54) is 12.5 Å². The lowest BCUT2D eigenvalue weighted by molar-refractivity contribution is 0.338. The van der Waals surface area contributed by atoms with Crippen LogP contribution < -0.4 is 10.9 Å². The number of nitrogens with two attached hydrogens (primary N) is 2. The molecule has 1 aliphatic heterocycles. The van der Waals surface area contributed by atoms with Crippen LogP contribution in [0.2, 0.25) is 0 Å². The fourth-order valence-electron chi connectivity index (χ4n) is 1.98. The zero-order valence-corrected chi connectivity index (χ0v) is 15.0. The standard InChI is InChI=1S/C11H18N4O2S2.HI/c12-11(15-6-2-1-3-7-15)14-8-9-4-5-10(18-9)19(13,16)17;/h4-5H,1-3,6-8H2,(H2,12,14)(H2,13,16,17);1H. The van der Waals surface area contributed by atoms with Gasteiger partial charge in [-0.1, -0.05) is 0 Å². The van der Waals surface area contributed by atoms with E-state index in [0.717, 1.165) is 42.1 Å². The molecule has 0 aliphatic carbocycles. The fourth-order valence-corrected chi connectivity index (χ4v) is 3.68. The minimum absolute atomic E-state index is 0. The van der Waals surface area contributed by atoms with E-state index in [1.807, 2.05) is 0 Å². The zero-order chi connectivity index (χ0) is 13.9. The molecule has 2 rings (SSSR count). The number of halogens is 1. The first-order valence-electron chi connectivity index (χ1n) is 6.13. The summed E-state index contributed by atoms with van der Waals surface area (Å²) in [5, 5.41) is 5.06. The van der Waals surface area contributed by atoms with Crippen molar-refractivity contribution in [1.29, 1.82) is 0 Å². The third kappa shape index (κ3) is 4.86. The largest absolute Gasteiger partial charge is 0.370 e. The highest BCUT2D eigenvalue weighted by atomic mass is 127. The maximum absolute atomic E-state index is 11.2. The first kappa shape index (κ1) is 17.7. The number of hydrogen-bond acceptors (Lipinski definition) is 4. The van der Waals surface area contributed by atoms with E-state index in [9.17, 15) is 8.42 Å². The molecule has 1 saturated heterocycles. The lowest BCUT2D eigenvalue weighted by atomic mass is 10.1. The molecule has 6 nitrogen and oxygen atoms in total. The van der Waals surface area contributed by atoms with Crippen LogP contribution in [-0.2, 0) is 16.6 Å². The Kier molecular flexibility index (Phi) is 6.69. The number of aliphatic imine (C=N–C) groups is 1. The molecule has 1 aromatic heterocycles. The van der Waals surface area contributed by atoms with Crippen LogP contribution >= 0.6 is 35.3 Å². The van der Waals surface area contributed by atoms with Gasteiger partial charge in [0.25, 0.3) is 0 Å². The molecular formula is C11H19IN4O2S2. The maximum Gasteiger partial charge on any atom is 0.247 e. The third-order valence-corrected chi connectivity index (χ3v) is 5.50. The molecule has 0 aromatic carbocycles. The van der Waals surface area contributed by atoms with Gasteiger partial charge >= 0.3 is 0 Å². The number of likely N-dealkylation sites (tertiary alicyclic amines) is 1. The summed E-state index contributed by atoms with van der Waals surface area (Å²) in [4.78, 5) is 7.21. The minimum Gasteiger partial charge on any atom is -0.370 e. The second kappa shape index (κ2) is 7.57. The molecule has 0 spiro atoms. The predicted octanol–water partition coefficient (Wildman–Crippen LogP) is 1.31. The molecule has 2 heterocycles. The van der Waals surface area contributed by atoms with Crippen LogP contribution in [0, 0.1) is 0 Å². The Morgan fingerprint density at radius 2 is 1.95 bits per heavy atom. The summed E-state index contributed by atoms with van der Waals surface area (Å²) < 4.78 is 22.5. The van der Waals surface area contributed by atoms with Gasteiger partial charge in [0, 0.05) is 18.0 Å². The quantitative estimate of drug-likeness (QED) is 0.429. The summed E-state index contributed by atoms with van der Waals surface area (Å²) in [6.45, 7) is 2.28. The second-order valence-electron chi connectivity index (χ2n) is 4.49. The molecule has 9 heteroatoms. The van der Waals surface area contributed by atoms with Gasteiger partial charge in [-0.3, -0.25) is 0 Å². The van der Waals surface area contributed by atoms with E-state index in [-0.39, 0.29) is 28.2 Å². The van der Waals surface area contributed by atoms with Gasteiger partial charge in [-0.2, -0.15) is 0 Å². The minimum atomic E-state index is -3.61. The molecule has 4 N–H and O–H groups in total. The van der Waals surface area contributed by atoms with E-state index in [1.54, 1.807) is 6.07 Å². The first-order chi connectivity index (χ1) is 8.97. The van der Waals surface area contributed by atoms with Gasteiger partial charge in [0.05, 0.1) is 6.54 Å². The van der Waals surface area contributed by atoms with Crippen LogP contribution in [-0.4, -0.2) is 32.4 Å². The molecule has 1 fully saturated rings. The number of piperidine rings is 1. The Balaban J connectivity index is 0.00000200. The van der Waals surface area contributed by atoms with Gasteiger partial charge in [-0.25, -0.2) is 18.5 Å². The van der Waals surface area contributed by atoms with Gasteiger partial charge < -0.3 is 10.6 Å². The van der Waals surface area contributed by atoms with Crippen molar-refractivity contribution in [2.24, 2.45) is 15.9 Å². The summed E-state index contributed by atoms with van der Waals surface area (Å²) in [6.07, 6.45) is 3.53.